The van der Waals surface area contributed by atoms with Crippen LogP contribution >= 0.6 is 11.8 Å². The minimum atomic E-state index is -0.0833. The highest BCUT2D eigenvalue weighted by Crippen LogP contribution is 2.22. The Morgan fingerprint density at radius 3 is 2.50 bits per heavy atom. The van der Waals surface area contributed by atoms with Gasteiger partial charge in [0.1, 0.15) is 0 Å². The van der Waals surface area contributed by atoms with Crippen LogP contribution in [-0.2, 0) is 9.47 Å². The highest BCUT2D eigenvalue weighted by Gasteiger charge is 2.18. The minimum Gasteiger partial charge on any atom is -0.346 e. The lowest BCUT2D eigenvalue weighted by molar-refractivity contribution is -0.00462. The summed E-state index contributed by atoms with van der Waals surface area (Å²) < 4.78 is 10.6. The second-order valence-electron chi connectivity index (χ2n) is 1.97. The van der Waals surface area contributed by atoms with Gasteiger partial charge in [-0.15, -0.1) is 11.8 Å². The molecule has 1 aliphatic rings. The number of ether oxygens (including phenoxy) is 2. The van der Waals surface area contributed by atoms with Crippen LogP contribution in [0.5, 0.6) is 0 Å². The van der Waals surface area contributed by atoms with E-state index in [4.69, 9.17) is 9.47 Å². The number of hydrogen-bond donors (Lipinski definition) is 0. The van der Waals surface area contributed by atoms with Gasteiger partial charge in [-0.25, -0.2) is 0 Å². The molecule has 0 radical (unpaired) electrons. The Kier molecular flexibility index (Phi) is 3.25. The molecule has 0 amide bonds. The molecule has 1 fully saturated rings. The van der Waals surface area contributed by atoms with Crippen molar-refractivity contribution in [3.05, 3.63) is 11.0 Å². The van der Waals surface area contributed by atoms with Gasteiger partial charge in [0.2, 0.25) is 0 Å². The topological polar surface area (TPSA) is 18.5 Å². The molecule has 0 spiro atoms. The SMILES string of the molecule is C/C=C(\SC)C1OCCO1. The highest BCUT2D eigenvalue weighted by atomic mass is 32.2. The smallest absolute Gasteiger partial charge is 0.189 e. The third-order valence-corrected chi connectivity index (χ3v) is 2.27. The number of rotatable bonds is 2. The Labute approximate surface area is 65.6 Å². The molecule has 0 aromatic rings. The van der Waals surface area contributed by atoms with E-state index in [1.165, 1.54) is 0 Å². The van der Waals surface area contributed by atoms with Gasteiger partial charge >= 0.3 is 0 Å². The molecule has 10 heavy (non-hydrogen) atoms. The van der Waals surface area contributed by atoms with Crippen LogP contribution in [0.4, 0.5) is 0 Å². The molecule has 3 heteroatoms. The van der Waals surface area contributed by atoms with Gasteiger partial charge in [-0.2, -0.15) is 0 Å². The van der Waals surface area contributed by atoms with Crippen LogP contribution in [0.25, 0.3) is 0 Å². The van der Waals surface area contributed by atoms with Crippen molar-refractivity contribution >= 4 is 11.8 Å². The predicted octanol–water partition coefficient (Wildman–Crippen LogP) is 1.63. The average molecular weight is 160 g/mol. The lowest BCUT2D eigenvalue weighted by Gasteiger charge is -2.09. The van der Waals surface area contributed by atoms with E-state index in [2.05, 4.69) is 0 Å². The van der Waals surface area contributed by atoms with Crippen molar-refractivity contribution in [1.29, 1.82) is 0 Å². The van der Waals surface area contributed by atoms with Crippen LogP contribution in [0.2, 0.25) is 0 Å². The zero-order chi connectivity index (χ0) is 7.40. The summed E-state index contributed by atoms with van der Waals surface area (Å²) in [6.07, 6.45) is 3.97. The van der Waals surface area contributed by atoms with E-state index in [0.29, 0.717) is 0 Å². The fraction of sp³-hybridized carbons (Fsp3) is 0.714. The summed E-state index contributed by atoms with van der Waals surface area (Å²) in [6.45, 7) is 3.45. The van der Waals surface area contributed by atoms with E-state index in [9.17, 15) is 0 Å². The van der Waals surface area contributed by atoms with E-state index in [-0.39, 0.29) is 6.29 Å². The van der Waals surface area contributed by atoms with Crippen molar-refractivity contribution in [3.8, 4) is 0 Å². The number of thioether (sulfide) groups is 1. The van der Waals surface area contributed by atoms with E-state index < -0.39 is 0 Å². The van der Waals surface area contributed by atoms with Gasteiger partial charge in [0.05, 0.1) is 13.2 Å². The Balaban J connectivity index is 2.45. The first-order valence-electron chi connectivity index (χ1n) is 3.32. The molecular formula is C7H12O2S. The Bertz CT molecular complexity index is 128. The molecule has 1 aliphatic heterocycles. The van der Waals surface area contributed by atoms with Crippen molar-refractivity contribution in [2.75, 3.05) is 19.5 Å². The predicted molar refractivity (Wildman–Crippen MR) is 43.0 cm³/mol. The fourth-order valence-corrected chi connectivity index (χ4v) is 1.44. The number of allylic oxidation sites excluding steroid dienone is 1. The molecule has 58 valence electrons. The van der Waals surface area contributed by atoms with Crippen LogP contribution in [0.1, 0.15) is 6.92 Å². The maximum absolute atomic E-state index is 5.29. The van der Waals surface area contributed by atoms with E-state index in [1.54, 1.807) is 11.8 Å². The summed E-state index contributed by atoms with van der Waals surface area (Å²) >= 11 is 1.68. The van der Waals surface area contributed by atoms with Gasteiger partial charge < -0.3 is 9.47 Å². The molecule has 0 bridgehead atoms. The largest absolute Gasteiger partial charge is 0.346 e. The zero-order valence-corrected chi connectivity index (χ0v) is 7.11. The molecule has 0 aromatic carbocycles. The lowest BCUT2D eigenvalue weighted by atomic mass is 10.5. The Hall–Kier alpha value is 0.01000. The van der Waals surface area contributed by atoms with Crippen molar-refractivity contribution in [3.63, 3.8) is 0 Å². The second kappa shape index (κ2) is 4.01. The first-order valence-corrected chi connectivity index (χ1v) is 4.54. The van der Waals surface area contributed by atoms with Gasteiger partial charge in [0, 0.05) is 4.91 Å². The monoisotopic (exact) mass is 160 g/mol. The van der Waals surface area contributed by atoms with Crippen LogP contribution in [0.3, 0.4) is 0 Å². The zero-order valence-electron chi connectivity index (χ0n) is 6.29. The third-order valence-electron chi connectivity index (χ3n) is 1.37. The highest BCUT2D eigenvalue weighted by molar-refractivity contribution is 8.02. The standard InChI is InChI=1S/C7H12O2S/c1-3-6(10-2)7-8-4-5-9-7/h3,7H,4-5H2,1-2H3/b6-3-. The fourth-order valence-electron chi connectivity index (χ4n) is 0.873. The van der Waals surface area contributed by atoms with Crippen LogP contribution < -0.4 is 0 Å². The van der Waals surface area contributed by atoms with E-state index in [0.717, 1.165) is 18.1 Å². The van der Waals surface area contributed by atoms with Crippen molar-refractivity contribution in [2.45, 2.75) is 13.2 Å². The van der Waals surface area contributed by atoms with Gasteiger partial charge in [0.25, 0.3) is 0 Å². The molecule has 0 aromatic heterocycles. The van der Waals surface area contributed by atoms with E-state index in [1.807, 2.05) is 19.3 Å². The van der Waals surface area contributed by atoms with Gasteiger partial charge in [-0.05, 0) is 13.2 Å². The molecule has 1 heterocycles. The summed E-state index contributed by atoms with van der Waals surface area (Å²) in [5.74, 6) is 0. The number of hydrogen-bond acceptors (Lipinski definition) is 3. The minimum absolute atomic E-state index is 0.0833. The average Bonchev–Trinajstić information content (AvgIpc) is 2.43. The lowest BCUT2D eigenvalue weighted by Crippen LogP contribution is -2.08. The summed E-state index contributed by atoms with van der Waals surface area (Å²) in [5.41, 5.74) is 0. The summed E-state index contributed by atoms with van der Waals surface area (Å²) in [6, 6.07) is 0. The molecule has 0 aliphatic carbocycles. The van der Waals surface area contributed by atoms with Crippen molar-refractivity contribution in [2.24, 2.45) is 0 Å². The van der Waals surface area contributed by atoms with Gasteiger partial charge in [0.15, 0.2) is 6.29 Å². The molecular weight excluding hydrogens is 148 g/mol. The first kappa shape index (κ1) is 8.11. The molecule has 0 unspecified atom stereocenters. The second-order valence-corrected chi connectivity index (χ2v) is 2.85. The maximum atomic E-state index is 5.29. The summed E-state index contributed by atoms with van der Waals surface area (Å²) in [4.78, 5) is 1.16. The Morgan fingerprint density at radius 2 is 2.10 bits per heavy atom. The molecule has 1 rings (SSSR count). The first-order chi connectivity index (χ1) is 4.88. The molecule has 0 N–H and O–H groups in total. The van der Waals surface area contributed by atoms with Crippen LogP contribution in [0.15, 0.2) is 11.0 Å². The van der Waals surface area contributed by atoms with Crippen LogP contribution in [-0.4, -0.2) is 25.8 Å². The van der Waals surface area contributed by atoms with E-state index >= 15 is 0 Å². The maximum Gasteiger partial charge on any atom is 0.189 e. The molecule has 1 saturated heterocycles. The molecule has 0 saturated carbocycles. The normalized spacial score (nSPS) is 22.0. The van der Waals surface area contributed by atoms with Crippen molar-refractivity contribution in [1.82, 2.24) is 0 Å². The Morgan fingerprint density at radius 1 is 1.50 bits per heavy atom. The van der Waals surface area contributed by atoms with Gasteiger partial charge in [-0.1, -0.05) is 6.08 Å². The quantitative estimate of drug-likeness (QED) is 0.611. The van der Waals surface area contributed by atoms with Crippen LogP contribution in [0, 0.1) is 0 Å². The van der Waals surface area contributed by atoms with Gasteiger partial charge in [-0.3, -0.25) is 0 Å². The summed E-state index contributed by atoms with van der Waals surface area (Å²) in [7, 11) is 0. The molecule has 2 nitrogen and oxygen atoms in total. The molecule has 0 atom stereocenters. The van der Waals surface area contributed by atoms with Crippen molar-refractivity contribution < 1.29 is 9.47 Å². The third kappa shape index (κ3) is 1.75. The summed E-state index contributed by atoms with van der Waals surface area (Å²) in [5, 5.41) is 0.